The van der Waals surface area contributed by atoms with Gasteiger partial charge in [-0.05, 0) is 43.2 Å². The number of likely N-dealkylation sites (tertiary alicyclic amines) is 1. The van der Waals surface area contributed by atoms with Gasteiger partial charge in [-0.2, -0.15) is 0 Å². The molecule has 0 radical (unpaired) electrons. The maximum Gasteiger partial charge on any atom is 0.321 e. The number of nitrogens with zero attached hydrogens (tertiary/aromatic N) is 2. The summed E-state index contributed by atoms with van der Waals surface area (Å²) in [6.07, 6.45) is 2.78. The zero-order valence-corrected chi connectivity index (χ0v) is 16.5. The lowest BCUT2D eigenvalue weighted by Gasteiger charge is -2.32. The van der Waals surface area contributed by atoms with Crippen LogP contribution in [0.2, 0.25) is 5.02 Å². The quantitative estimate of drug-likeness (QED) is 0.650. The number of piperidine rings is 1. The molecule has 1 aromatic carbocycles. The molecule has 2 aromatic rings. The second-order valence-electron chi connectivity index (χ2n) is 7.11. The molecule has 154 valence electrons. The number of anilines is 2. The van der Waals surface area contributed by atoms with Gasteiger partial charge in [0.2, 0.25) is 5.91 Å². The van der Waals surface area contributed by atoms with Crippen molar-refractivity contribution in [1.29, 1.82) is 0 Å². The van der Waals surface area contributed by atoms with E-state index in [0.717, 1.165) is 0 Å². The third-order valence-corrected chi connectivity index (χ3v) is 5.27. The number of halogens is 1. The van der Waals surface area contributed by atoms with Gasteiger partial charge in [-0.3, -0.25) is 19.7 Å². The molecule has 30 heavy (non-hydrogen) atoms. The van der Waals surface area contributed by atoms with Gasteiger partial charge in [-0.1, -0.05) is 11.6 Å². The van der Waals surface area contributed by atoms with E-state index in [1.54, 1.807) is 23.1 Å². The van der Waals surface area contributed by atoms with E-state index in [1.807, 2.05) is 0 Å². The molecule has 1 saturated heterocycles. The van der Waals surface area contributed by atoms with Gasteiger partial charge in [-0.25, -0.2) is 9.78 Å². The Morgan fingerprint density at radius 3 is 2.67 bits per heavy atom. The number of pyridine rings is 1. The van der Waals surface area contributed by atoms with Crippen LogP contribution < -0.4 is 16.0 Å². The molecule has 1 aromatic heterocycles. The fraction of sp³-hybridized carbons (Fsp3) is 0.250. The van der Waals surface area contributed by atoms with Gasteiger partial charge in [0, 0.05) is 25.0 Å². The molecule has 2 aliphatic rings. The second-order valence-corrected chi connectivity index (χ2v) is 7.55. The van der Waals surface area contributed by atoms with Crippen molar-refractivity contribution < 1.29 is 19.2 Å². The minimum atomic E-state index is -0.489. The highest BCUT2D eigenvalue weighted by atomic mass is 35.5. The van der Waals surface area contributed by atoms with Crippen LogP contribution in [0.15, 0.2) is 36.5 Å². The third kappa shape index (κ3) is 4.11. The summed E-state index contributed by atoms with van der Waals surface area (Å²) in [4.78, 5) is 54.2. The van der Waals surface area contributed by atoms with E-state index in [4.69, 9.17) is 11.6 Å². The van der Waals surface area contributed by atoms with Crippen LogP contribution in [0.25, 0.3) is 0 Å². The van der Waals surface area contributed by atoms with Crippen LogP contribution in [0.5, 0.6) is 0 Å². The van der Waals surface area contributed by atoms with E-state index in [0.29, 0.717) is 35.9 Å². The van der Waals surface area contributed by atoms with Crippen molar-refractivity contribution >= 4 is 46.9 Å². The highest BCUT2D eigenvalue weighted by Gasteiger charge is 2.30. The molecule has 0 spiro atoms. The largest absolute Gasteiger partial charge is 0.324 e. The molecular formula is C20H18ClN5O4. The maximum absolute atomic E-state index is 12.7. The van der Waals surface area contributed by atoms with Crippen molar-refractivity contribution in [3.8, 4) is 0 Å². The van der Waals surface area contributed by atoms with Crippen LogP contribution in [0, 0.1) is 5.92 Å². The molecule has 3 N–H and O–H groups in total. The van der Waals surface area contributed by atoms with Crippen molar-refractivity contribution in [2.24, 2.45) is 5.92 Å². The average Bonchev–Trinajstić information content (AvgIpc) is 3.03. The van der Waals surface area contributed by atoms with Crippen molar-refractivity contribution in [3.63, 3.8) is 0 Å². The number of fused-ring (bicyclic) bond motifs is 1. The Bertz CT molecular complexity index is 1040. The number of hydrogen-bond donors (Lipinski definition) is 3. The van der Waals surface area contributed by atoms with Crippen molar-refractivity contribution in [2.45, 2.75) is 12.8 Å². The standard InChI is InChI=1S/C20H18ClN5O4/c21-12-3-6-16(22-9-12)24-17(27)11-2-1-7-26(10-11)20(30)23-13-4-5-14-15(8-13)19(29)25-18(14)28/h3-6,8-9,11H,1-2,7,10H2,(H,23,30)(H,22,24,27)(H,25,28,29). The van der Waals surface area contributed by atoms with Crippen LogP contribution in [-0.4, -0.2) is 46.7 Å². The van der Waals surface area contributed by atoms with Crippen molar-refractivity contribution in [1.82, 2.24) is 15.2 Å². The molecule has 10 heteroatoms. The molecule has 5 amide bonds. The monoisotopic (exact) mass is 427 g/mol. The molecule has 1 fully saturated rings. The molecular weight excluding hydrogens is 410 g/mol. The number of urea groups is 1. The number of carbonyl (C=O) groups excluding carboxylic acids is 4. The highest BCUT2D eigenvalue weighted by molar-refractivity contribution is 6.30. The number of imide groups is 1. The topological polar surface area (TPSA) is 121 Å². The van der Waals surface area contributed by atoms with Gasteiger partial charge in [0.25, 0.3) is 11.8 Å². The number of hydrogen-bond acceptors (Lipinski definition) is 5. The van der Waals surface area contributed by atoms with E-state index in [-0.39, 0.29) is 35.5 Å². The zero-order chi connectivity index (χ0) is 21.3. The van der Waals surface area contributed by atoms with E-state index in [2.05, 4.69) is 20.9 Å². The molecule has 2 aliphatic heterocycles. The van der Waals surface area contributed by atoms with Crippen LogP contribution >= 0.6 is 11.6 Å². The summed E-state index contributed by atoms with van der Waals surface area (Å²) in [7, 11) is 0. The van der Waals surface area contributed by atoms with Crippen molar-refractivity contribution in [3.05, 3.63) is 52.7 Å². The molecule has 0 aliphatic carbocycles. The Hall–Kier alpha value is -3.46. The maximum atomic E-state index is 12.7. The first kappa shape index (κ1) is 19.8. The van der Waals surface area contributed by atoms with E-state index >= 15 is 0 Å². The Balaban J connectivity index is 1.38. The Morgan fingerprint density at radius 1 is 1.10 bits per heavy atom. The first-order valence-corrected chi connectivity index (χ1v) is 9.76. The lowest BCUT2D eigenvalue weighted by atomic mass is 9.97. The number of benzene rings is 1. The Kier molecular flexibility index (Phi) is 5.37. The second kappa shape index (κ2) is 8.11. The highest BCUT2D eigenvalue weighted by Crippen LogP contribution is 2.23. The van der Waals surface area contributed by atoms with E-state index in [9.17, 15) is 19.2 Å². The normalized spacial score (nSPS) is 17.9. The van der Waals surface area contributed by atoms with Crippen LogP contribution in [-0.2, 0) is 4.79 Å². The minimum Gasteiger partial charge on any atom is -0.324 e. The molecule has 1 unspecified atom stereocenters. The SMILES string of the molecule is O=C1NC(=O)c2cc(NC(=O)N3CCCC(C(=O)Nc4ccc(Cl)cn4)C3)ccc21. The van der Waals surface area contributed by atoms with Crippen LogP contribution in [0.1, 0.15) is 33.6 Å². The number of aromatic nitrogens is 1. The molecule has 3 heterocycles. The molecule has 0 bridgehead atoms. The number of amides is 5. The zero-order valence-electron chi connectivity index (χ0n) is 15.8. The minimum absolute atomic E-state index is 0.213. The summed E-state index contributed by atoms with van der Waals surface area (Å²) in [5, 5.41) is 8.15. The van der Waals surface area contributed by atoms with Gasteiger partial charge in [0.1, 0.15) is 5.82 Å². The molecule has 1 atom stereocenters. The van der Waals surface area contributed by atoms with Gasteiger partial charge >= 0.3 is 6.03 Å². The Morgan fingerprint density at radius 2 is 1.90 bits per heavy atom. The lowest BCUT2D eigenvalue weighted by molar-refractivity contribution is -0.121. The van der Waals surface area contributed by atoms with Gasteiger partial charge < -0.3 is 15.5 Å². The number of nitrogens with one attached hydrogen (secondary N) is 3. The molecule has 4 rings (SSSR count). The van der Waals surface area contributed by atoms with Gasteiger partial charge in [0.05, 0.1) is 22.1 Å². The summed E-state index contributed by atoms with van der Waals surface area (Å²) in [5.41, 5.74) is 0.910. The predicted molar refractivity (Wildman–Crippen MR) is 109 cm³/mol. The first-order chi connectivity index (χ1) is 14.4. The fourth-order valence-corrected chi connectivity index (χ4v) is 3.61. The van der Waals surface area contributed by atoms with E-state index < -0.39 is 11.8 Å². The van der Waals surface area contributed by atoms with Gasteiger partial charge in [-0.15, -0.1) is 0 Å². The lowest BCUT2D eigenvalue weighted by Crippen LogP contribution is -2.45. The van der Waals surface area contributed by atoms with Crippen molar-refractivity contribution in [2.75, 3.05) is 23.7 Å². The Labute approximate surface area is 176 Å². The smallest absolute Gasteiger partial charge is 0.321 e. The van der Waals surface area contributed by atoms with E-state index in [1.165, 1.54) is 18.3 Å². The molecule has 9 nitrogen and oxygen atoms in total. The number of rotatable bonds is 3. The van der Waals surface area contributed by atoms with Gasteiger partial charge in [0.15, 0.2) is 0 Å². The summed E-state index contributed by atoms with van der Waals surface area (Å²) in [5.74, 6) is -1.12. The average molecular weight is 428 g/mol. The third-order valence-electron chi connectivity index (χ3n) is 5.05. The van der Waals surface area contributed by atoms with Crippen LogP contribution in [0.4, 0.5) is 16.3 Å². The first-order valence-electron chi connectivity index (χ1n) is 9.39. The predicted octanol–water partition coefficient (Wildman–Crippen LogP) is 2.50. The molecule has 0 saturated carbocycles. The number of carbonyl (C=O) groups is 4. The fourth-order valence-electron chi connectivity index (χ4n) is 3.50. The summed E-state index contributed by atoms with van der Waals surface area (Å²) >= 11 is 5.80. The summed E-state index contributed by atoms with van der Waals surface area (Å²) in [6, 6.07) is 7.40. The summed E-state index contributed by atoms with van der Waals surface area (Å²) in [6.45, 7) is 0.772. The van der Waals surface area contributed by atoms with Crippen LogP contribution in [0.3, 0.4) is 0 Å². The summed E-state index contributed by atoms with van der Waals surface area (Å²) < 4.78 is 0.